The topological polar surface area (TPSA) is 44.8 Å². The summed E-state index contributed by atoms with van der Waals surface area (Å²) in [6, 6.07) is 15.2. The lowest BCUT2D eigenvalue weighted by Gasteiger charge is -2.35. The first-order chi connectivity index (χ1) is 11.9. The van der Waals surface area contributed by atoms with Gasteiger partial charge in [-0.3, -0.25) is 9.88 Å². The van der Waals surface area contributed by atoms with Gasteiger partial charge in [0.05, 0.1) is 18.1 Å². The van der Waals surface area contributed by atoms with E-state index in [4.69, 9.17) is 0 Å². The van der Waals surface area contributed by atoms with Gasteiger partial charge in [0.25, 0.3) is 0 Å². The number of rotatable bonds is 5. The van der Waals surface area contributed by atoms with Crippen molar-refractivity contribution in [1.82, 2.24) is 19.9 Å². The molecule has 0 spiro atoms. The van der Waals surface area contributed by atoms with Gasteiger partial charge in [-0.05, 0) is 30.0 Å². The van der Waals surface area contributed by atoms with Gasteiger partial charge in [-0.2, -0.15) is 0 Å². The molecule has 1 N–H and O–H groups in total. The molecule has 0 amide bonds. The first-order valence-corrected chi connectivity index (χ1v) is 8.59. The van der Waals surface area contributed by atoms with E-state index in [0.717, 1.165) is 32.4 Å². The fourth-order valence-electron chi connectivity index (χ4n) is 3.59. The van der Waals surface area contributed by atoms with Crippen LogP contribution in [-0.2, 0) is 19.4 Å². The molecule has 0 bridgehead atoms. The van der Waals surface area contributed by atoms with Gasteiger partial charge in [0.2, 0.25) is 0 Å². The number of aryl methyl sites for hydroxylation is 1. The molecule has 1 aliphatic rings. The second kappa shape index (κ2) is 6.97. The molecule has 0 fully saturated rings. The van der Waals surface area contributed by atoms with Gasteiger partial charge < -0.3 is 4.98 Å². The highest BCUT2D eigenvalue weighted by atomic mass is 15.2. The third-order valence-corrected chi connectivity index (χ3v) is 4.81. The van der Waals surface area contributed by atoms with E-state index in [1.54, 1.807) is 0 Å². The van der Waals surface area contributed by atoms with Crippen LogP contribution in [0.25, 0.3) is 0 Å². The first kappa shape index (κ1) is 15.1. The molecule has 3 aromatic rings. The molecule has 0 aliphatic carbocycles. The second-order valence-electron chi connectivity index (χ2n) is 6.39. The zero-order chi connectivity index (χ0) is 16.2. The number of fused-ring (bicyclic) bond motifs is 1. The zero-order valence-electron chi connectivity index (χ0n) is 13.7. The Kier molecular flexibility index (Phi) is 4.38. The molecule has 4 rings (SSSR count). The summed E-state index contributed by atoms with van der Waals surface area (Å²) in [6.45, 7) is 1.99. The summed E-state index contributed by atoms with van der Waals surface area (Å²) in [5.41, 5.74) is 5.18. The maximum Gasteiger partial charge on any atom is 0.0925 e. The third-order valence-electron chi connectivity index (χ3n) is 4.81. The van der Waals surface area contributed by atoms with Crippen LogP contribution in [0, 0.1) is 0 Å². The number of hydrogen-bond donors (Lipinski definition) is 1. The van der Waals surface area contributed by atoms with Gasteiger partial charge >= 0.3 is 0 Å². The number of hydrogen-bond acceptors (Lipinski definition) is 3. The van der Waals surface area contributed by atoms with E-state index in [1.807, 2.05) is 24.8 Å². The molecule has 0 saturated carbocycles. The molecule has 122 valence electrons. The maximum absolute atomic E-state index is 4.63. The van der Waals surface area contributed by atoms with Crippen molar-refractivity contribution in [3.05, 3.63) is 83.7 Å². The highest BCUT2D eigenvalue weighted by Gasteiger charge is 2.29. The van der Waals surface area contributed by atoms with Crippen LogP contribution < -0.4 is 0 Å². The SMILES string of the molecule is c1ccc(CC[C@H]2c3nc[nH]c3CCN2Cc2cccnc2)cc1. The molecule has 1 aromatic carbocycles. The molecule has 0 saturated heterocycles. The molecule has 2 aromatic heterocycles. The Morgan fingerprint density at radius 3 is 2.79 bits per heavy atom. The van der Waals surface area contributed by atoms with Crippen LogP contribution in [0.1, 0.15) is 35.0 Å². The molecular weight excluding hydrogens is 296 g/mol. The number of nitrogens with zero attached hydrogens (tertiary/aromatic N) is 3. The van der Waals surface area contributed by atoms with Crippen LogP contribution in [0.5, 0.6) is 0 Å². The van der Waals surface area contributed by atoms with Crippen molar-refractivity contribution in [3.8, 4) is 0 Å². The van der Waals surface area contributed by atoms with Crippen LogP contribution in [0.2, 0.25) is 0 Å². The van der Waals surface area contributed by atoms with Crippen molar-refractivity contribution in [2.24, 2.45) is 0 Å². The van der Waals surface area contributed by atoms with Crippen molar-refractivity contribution in [3.63, 3.8) is 0 Å². The number of aromatic nitrogens is 3. The highest BCUT2D eigenvalue weighted by Crippen LogP contribution is 2.32. The number of benzene rings is 1. The van der Waals surface area contributed by atoms with E-state index >= 15 is 0 Å². The molecular formula is C20H22N4. The predicted molar refractivity (Wildman–Crippen MR) is 94.4 cm³/mol. The van der Waals surface area contributed by atoms with Gasteiger partial charge in [-0.25, -0.2) is 4.98 Å². The lowest BCUT2D eigenvalue weighted by atomic mass is 9.96. The first-order valence-electron chi connectivity index (χ1n) is 8.59. The Balaban J connectivity index is 1.54. The molecule has 0 radical (unpaired) electrons. The standard InChI is InChI=1S/C20H22N4/c1-2-5-16(6-3-1)8-9-19-20-18(22-15-23-20)10-12-24(19)14-17-7-4-11-21-13-17/h1-7,11,13,15,19H,8-10,12,14H2,(H,22,23)/t19-/m0/s1. The smallest absolute Gasteiger partial charge is 0.0925 e. The average molecular weight is 318 g/mol. The van der Waals surface area contributed by atoms with Gasteiger partial charge in [-0.15, -0.1) is 0 Å². The van der Waals surface area contributed by atoms with Crippen molar-refractivity contribution in [2.45, 2.75) is 31.8 Å². The summed E-state index contributed by atoms with van der Waals surface area (Å²) in [5, 5.41) is 0. The molecule has 0 unspecified atom stereocenters. The van der Waals surface area contributed by atoms with Gasteiger partial charge in [0.15, 0.2) is 0 Å². The Hall–Kier alpha value is -2.46. The van der Waals surface area contributed by atoms with Crippen LogP contribution in [0.15, 0.2) is 61.2 Å². The number of imidazole rings is 1. The molecule has 24 heavy (non-hydrogen) atoms. The van der Waals surface area contributed by atoms with E-state index in [0.29, 0.717) is 6.04 Å². The normalized spacial score (nSPS) is 17.6. The highest BCUT2D eigenvalue weighted by molar-refractivity contribution is 5.22. The van der Waals surface area contributed by atoms with Crippen LogP contribution in [0.3, 0.4) is 0 Å². The van der Waals surface area contributed by atoms with Gasteiger partial charge in [-0.1, -0.05) is 36.4 Å². The molecule has 4 nitrogen and oxygen atoms in total. The van der Waals surface area contributed by atoms with Crippen LogP contribution in [-0.4, -0.2) is 26.4 Å². The summed E-state index contributed by atoms with van der Waals surface area (Å²) in [4.78, 5) is 14.7. The summed E-state index contributed by atoms with van der Waals surface area (Å²) in [7, 11) is 0. The minimum atomic E-state index is 0.361. The van der Waals surface area contributed by atoms with Crippen molar-refractivity contribution < 1.29 is 0 Å². The molecule has 4 heteroatoms. The lowest BCUT2D eigenvalue weighted by molar-refractivity contribution is 0.163. The minimum Gasteiger partial charge on any atom is -0.348 e. The number of aromatic amines is 1. The zero-order valence-corrected chi connectivity index (χ0v) is 13.7. The summed E-state index contributed by atoms with van der Waals surface area (Å²) in [5.74, 6) is 0. The Labute approximate surface area is 142 Å². The van der Waals surface area contributed by atoms with E-state index in [9.17, 15) is 0 Å². The average Bonchev–Trinajstić information content (AvgIpc) is 3.11. The van der Waals surface area contributed by atoms with Gasteiger partial charge in [0, 0.05) is 37.6 Å². The third kappa shape index (κ3) is 3.24. The molecule has 1 atom stereocenters. The fourth-order valence-corrected chi connectivity index (χ4v) is 3.59. The Morgan fingerprint density at radius 2 is 1.96 bits per heavy atom. The predicted octanol–water partition coefficient (Wildman–Crippen LogP) is 3.54. The lowest BCUT2D eigenvalue weighted by Crippen LogP contribution is -2.35. The minimum absolute atomic E-state index is 0.361. The number of nitrogens with one attached hydrogen (secondary N) is 1. The van der Waals surface area contributed by atoms with E-state index in [1.165, 1.54) is 22.5 Å². The van der Waals surface area contributed by atoms with Crippen molar-refractivity contribution in [2.75, 3.05) is 6.54 Å². The van der Waals surface area contributed by atoms with Crippen molar-refractivity contribution in [1.29, 1.82) is 0 Å². The van der Waals surface area contributed by atoms with Crippen LogP contribution >= 0.6 is 0 Å². The largest absolute Gasteiger partial charge is 0.348 e. The Bertz CT molecular complexity index is 767. The summed E-state index contributed by atoms with van der Waals surface area (Å²) < 4.78 is 0. The maximum atomic E-state index is 4.63. The van der Waals surface area contributed by atoms with E-state index in [2.05, 4.69) is 56.3 Å². The van der Waals surface area contributed by atoms with Gasteiger partial charge in [0.1, 0.15) is 0 Å². The summed E-state index contributed by atoms with van der Waals surface area (Å²) in [6.07, 6.45) is 8.83. The summed E-state index contributed by atoms with van der Waals surface area (Å²) >= 11 is 0. The quantitative estimate of drug-likeness (QED) is 0.782. The molecule has 1 aliphatic heterocycles. The monoisotopic (exact) mass is 318 g/mol. The number of pyridine rings is 1. The number of H-pyrrole nitrogens is 1. The second-order valence-corrected chi connectivity index (χ2v) is 6.39. The Morgan fingerprint density at radius 1 is 1.08 bits per heavy atom. The van der Waals surface area contributed by atoms with Crippen LogP contribution in [0.4, 0.5) is 0 Å². The van der Waals surface area contributed by atoms with Crippen molar-refractivity contribution >= 4 is 0 Å². The van der Waals surface area contributed by atoms with E-state index < -0.39 is 0 Å². The van der Waals surface area contributed by atoms with E-state index in [-0.39, 0.29) is 0 Å². The fraction of sp³-hybridized carbons (Fsp3) is 0.300. The molecule has 3 heterocycles.